The lowest BCUT2D eigenvalue weighted by Crippen LogP contribution is -2.25. The molecule has 1 rings (SSSR count). The summed E-state index contributed by atoms with van der Waals surface area (Å²) in [6, 6.07) is 0. The fourth-order valence-electron chi connectivity index (χ4n) is 1.12. The van der Waals surface area contributed by atoms with Crippen molar-refractivity contribution in [2.24, 2.45) is 5.92 Å². The maximum absolute atomic E-state index is 9.30. The third kappa shape index (κ3) is 2.86. The number of hydrogen-bond acceptors (Lipinski definition) is 1. The molecule has 1 N–H and O–H groups in total. The summed E-state index contributed by atoms with van der Waals surface area (Å²) in [5.74, 6) is 0.0976. The van der Waals surface area contributed by atoms with E-state index in [0.29, 0.717) is 0 Å². The highest BCUT2D eigenvalue weighted by molar-refractivity contribution is 14.1. The number of hydrogen-bond donors (Lipinski definition) is 1. The SMILES string of the molecule is OC(I)C1C=C(Br)CCC1Cl. The number of rotatable bonds is 1. The second kappa shape index (κ2) is 4.44. The highest BCUT2D eigenvalue weighted by Gasteiger charge is 2.26. The molecule has 0 spiro atoms. The Morgan fingerprint density at radius 3 is 2.91 bits per heavy atom. The van der Waals surface area contributed by atoms with Crippen molar-refractivity contribution < 1.29 is 5.11 Å². The molecule has 0 saturated heterocycles. The second-order valence-corrected chi connectivity index (χ2v) is 5.47. The first kappa shape index (κ1) is 10.3. The lowest BCUT2D eigenvalue weighted by molar-refractivity contribution is 0.224. The summed E-state index contributed by atoms with van der Waals surface area (Å²) in [6.45, 7) is 0. The Morgan fingerprint density at radius 2 is 2.45 bits per heavy atom. The number of alkyl halides is 2. The molecule has 0 aromatic carbocycles. The number of aliphatic hydroxyl groups is 1. The van der Waals surface area contributed by atoms with E-state index in [1.54, 1.807) is 0 Å². The Kier molecular flexibility index (Phi) is 4.15. The van der Waals surface area contributed by atoms with Crippen LogP contribution >= 0.6 is 50.1 Å². The highest BCUT2D eigenvalue weighted by Crippen LogP contribution is 2.33. The average molecular weight is 351 g/mol. The zero-order chi connectivity index (χ0) is 8.43. The fourth-order valence-corrected chi connectivity index (χ4v) is 2.92. The first-order chi connectivity index (χ1) is 5.11. The Bertz CT molecular complexity index is 172. The van der Waals surface area contributed by atoms with Crippen molar-refractivity contribution in [3.05, 3.63) is 10.6 Å². The normalized spacial score (nSPS) is 34.7. The Hall–Kier alpha value is 1.20. The monoisotopic (exact) mass is 350 g/mol. The third-order valence-corrected chi connectivity index (χ3v) is 3.77. The van der Waals surface area contributed by atoms with Gasteiger partial charge in [0.2, 0.25) is 0 Å². The topological polar surface area (TPSA) is 20.2 Å². The standard InChI is InChI=1S/C7H9BrClIO/c8-4-1-2-6(9)5(3-4)7(10)11/h3,5-7,11H,1-2H2. The van der Waals surface area contributed by atoms with Crippen LogP contribution in [0, 0.1) is 5.92 Å². The minimum absolute atomic E-state index is 0.0863. The first-order valence-corrected chi connectivity index (χ1v) is 5.91. The summed E-state index contributed by atoms with van der Waals surface area (Å²) in [6.07, 6.45) is 3.95. The van der Waals surface area contributed by atoms with Crippen LogP contribution in [-0.4, -0.2) is 14.6 Å². The molecule has 3 atom stereocenters. The predicted octanol–water partition coefficient (Wildman–Crippen LogP) is 3.04. The average Bonchev–Trinajstić information content (AvgIpc) is 1.94. The van der Waals surface area contributed by atoms with Gasteiger partial charge in [0.1, 0.15) is 4.11 Å². The van der Waals surface area contributed by atoms with Crippen molar-refractivity contribution in [1.29, 1.82) is 0 Å². The van der Waals surface area contributed by atoms with E-state index in [0.717, 1.165) is 17.3 Å². The molecule has 0 amide bonds. The molecule has 1 aliphatic carbocycles. The summed E-state index contributed by atoms with van der Waals surface area (Å²) in [7, 11) is 0. The number of aliphatic hydroxyl groups excluding tert-OH is 1. The van der Waals surface area contributed by atoms with E-state index in [2.05, 4.69) is 15.9 Å². The summed E-state index contributed by atoms with van der Waals surface area (Å²) in [5, 5.41) is 9.39. The van der Waals surface area contributed by atoms with Gasteiger partial charge in [-0.3, -0.25) is 0 Å². The molecule has 4 heteroatoms. The van der Waals surface area contributed by atoms with E-state index in [1.807, 2.05) is 28.7 Å². The predicted molar refractivity (Wildman–Crippen MR) is 59.4 cm³/mol. The Morgan fingerprint density at radius 1 is 1.82 bits per heavy atom. The third-order valence-electron chi connectivity index (χ3n) is 1.77. The van der Waals surface area contributed by atoms with E-state index in [9.17, 15) is 5.11 Å². The molecule has 0 fully saturated rings. The van der Waals surface area contributed by atoms with Crippen LogP contribution in [0.2, 0.25) is 0 Å². The molecular weight excluding hydrogens is 342 g/mol. The molecule has 0 aromatic heterocycles. The van der Waals surface area contributed by atoms with Crippen molar-refractivity contribution in [1.82, 2.24) is 0 Å². The van der Waals surface area contributed by atoms with Gasteiger partial charge in [-0.1, -0.05) is 44.6 Å². The van der Waals surface area contributed by atoms with Gasteiger partial charge in [-0.05, 0) is 17.3 Å². The quantitative estimate of drug-likeness (QED) is 0.569. The molecular formula is C7H9BrClIO. The summed E-state index contributed by atoms with van der Waals surface area (Å²) in [4.78, 5) is 0. The van der Waals surface area contributed by atoms with Gasteiger partial charge in [0, 0.05) is 11.3 Å². The maximum atomic E-state index is 9.30. The summed E-state index contributed by atoms with van der Waals surface area (Å²) >= 11 is 11.4. The van der Waals surface area contributed by atoms with Gasteiger partial charge in [-0.15, -0.1) is 11.6 Å². The van der Waals surface area contributed by atoms with Crippen LogP contribution in [0.15, 0.2) is 10.6 Å². The highest BCUT2D eigenvalue weighted by atomic mass is 127. The Balaban J connectivity index is 2.67. The molecule has 0 aliphatic heterocycles. The van der Waals surface area contributed by atoms with Gasteiger partial charge >= 0.3 is 0 Å². The van der Waals surface area contributed by atoms with E-state index in [4.69, 9.17) is 11.6 Å². The van der Waals surface area contributed by atoms with E-state index in [-0.39, 0.29) is 15.4 Å². The van der Waals surface area contributed by atoms with Crippen LogP contribution in [0.1, 0.15) is 12.8 Å². The molecule has 0 heterocycles. The maximum Gasteiger partial charge on any atom is 0.113 e. The van der Waals surface area contributed by atoms with E-state index >= 15 is 0 Å². The van der Waals surface area contributed by atoms with Crippen molar-refractivity contribution >= 4 is 50.1 Å². The van der Waals surface area contributed by atoms with Crippen LogP contribution in [0.25, 0.3) is 0 Å². The molecule has 11 heavy (non-hydrogen) atoms. The van der Waals surface area contributed by atoms with Crippen molar-refractivity contribution in [2.75, 3.05) is 0 Å². The van der Waals surface area contributed by atoms with Crippen LogP contribution in [0.5, 0.6) is 0 Å². The first-order valence-electron chi connectivity index (χ1n) is 3.43. The zero-order valence-corrected chi connectivity index (χ0v) is 10.3. The van der Waals surface area contributed by atoms with Crippen LogP contribution in [0.3, 0.4) is 0 Å². The van der Waals surface area contributed by atoms with Crippen LogP contribution in [0.4, 0.5) is 0 Å². The second-order valence-electron chi connectivity index (χ2n) is 2.62. The molecule has 64 valence electrons. The van der Waals surface area contributed by atoms with Crippen molar-refractivity contribution in [3.63, 3.8) is 0 Å². The van der Waals surface area contributed by atoms with Crippen molar-refractivity contribution in [2.45, 2.75) is 22.3 Å². The molecule has 1 nitrogen and oxygen atoms in total. The van der Waals surface area contributed by atoms with Gasteiger partial charge in [-0.2, -0.15) is 0 Å². The Labute approximate surface area is 93.5 Å². The molecule has 3 unspecified atom stereocenters. The van der Waals surface area contributed by atoms with E-state index in [1.165, 1.54) is 0 Å². The largest absolute Gasteiger partial charge is 0.382 e. The molecule has 1 aliphatic rings. The zero-order valence-electron chi connectivity index (χ0n) is 5.80. The lowest BCUT2D eigenvalue weighted by atomic mass is 9.96. The van der Waals surface area contributed by atoms with Gasteiger partial charge < -0.3 is 5.11 Å². The van der Waals surface area contributed by atoms with E-state index < -0.39 is 0 Å². The summed E-state index contributed by atoms with van der Waals surface area (Å²) < 4.78 is 0.790. The van der Waals surface area contributed by atoms with Gasteiger partial charge in [0.05, 0.1) is 0 Å². The van der Waals surface area contributed by atoms with Gasteiger partial charge in [0.15, 0.2) is 0 Å². The van der Waals surface area contributed by atoms with Crippen LogP contribution < -0.4 is 0 Å². The fraction of sp³-hybridized carbons (Fsp3) is 0.714. The number of allylic oxidation sites excluding steroid dienone is 1. The molecule has 0 radical (unpaired) electrons. The molecule has 0 saturated carbocycles. The number of halogens is 3. The molecule has 0 aromatic rings. The summed E-state index contributed by atoms with van der Waals surface area (Å²) in [5.41, 5.74) is 0. The van der Waals surface area contributed by atoms with Crippen molar-refractivity contribution in [3.8, 4) is 0 Å². The van der Waals surface area contributed by atoms with Gasteiger partial charge in [0.25, 0.3) is 0 Å². The van der Waals surface area contributed by atoms with Crippen LogP contribution in [-0.2, 0) is 0 Å². The smallest absolute Gasteiger partial charge is 0.113 e. The molecule has 0 bridgehead atoms. The minimum atomic E-state index is -0.372. The minimum Gasteiger partial charge on any atom is -0.382 e. The van der Waals surface area contributed by atoms with Gasteiger partial charge in [-0.25, -0.2) is 0 Å². The lowest BCUT2D eigenvalue weighted by Gasteiger charge is -2.25.